The molecule has 3 aliphatic carbocycles. The van der Waals surface area contributed by atoms with E-state index in [9.17, 15) is 13.2 Å². The molecule has 0 spiro atoms. The molecule has 7 heteroatoms. The van der Waals surface area contributed by atoms with Gasteiger partial charge in [0.25, 0.3) is 5.91 Å². The third-order valence-corrected chi connectivity index (χ3v) is 9.52. The van der Waals surface area contributed by atoms with Gasteiger partial charge in [0.05, 0.1) is 17.5 Å². The van der Waals surface area contributed by atoms with Crippen molar-refractivity contribution in [1.29, 1.82) is 0 Å². The molecule has 0 N–H and O–H groups in total. The van der Waals surface area contributed by atoms with Gasteiger partial charge in [0, 0.05) is 17.2 Å². The molecule has 5 fully saturated rings. The maximum Gasteiger partial charge on any atom is 0.251 e. The van der Waals surface area contributed by atoms with E-state index in [0.29, 0.717) is 12.0 Å². The summed E-state index contributed by atoms with van der Waals surface area (Å²) in [6.07, 6.45) is 6.95. The number of hydrogen-bond donors (Lipinski definition) is 0. The van der Waals surface area contributed by atoms with E-state index in [1.165, 1.54) is 19.3 Å². The summed E-state index contributed by atoms with van der Waals surface area (Å²) in [5, 5.41) is 0.911. The third-order valence-electron chi connectivity index (χ3n) is 6.30. The third kappa shape index (κ3) is 2.46. The van der Waals surface area contributed by atoms with Crippen molar-refractivity contribution in [2.45, 2.75) is 55.9 Å². The number of thioether (sulfide) groups is 1. The van der Waals surface area contributed by atoms with Crippen LogP contribution in [0.2, 0.25) is 0 Å². The van der Waals surface area contributed by atoms with Gasteiger partial charge in [-0.3, -0.25) is 4.79 Å². The maximum atomic E-state index is 12.2. The molecule has 23 heavy (non-hydrogen) atoms. The van der Waals surface area contributed by atoms with Crippen molar-refractivity contribution < 1.29 is 13.2 Å². The van der Waals surface area contributed by atoms with E-state index >= 15 is 0 Å². The number of sulfone groups is 1. The first-order valence-corrected chi connectivity index (χ1v) is 11.5. The molecule has 5 rings (SSSR count). The number of hydrogen-bond acceptors (Lipinski definition) is 4. The molecule has 2 bridgehead atoms. The molecule has 1 amide bonds. The van der Waals surface area contributed by atoms with Crippen molar-refractivity contribution in [3.8, 4) is 0 Å². The second kappa shape index (κ2) is 4.97. The maximum absolute atomic E-state index is 12.2. The molecule has 5 atom stereocenters. The average molecular weight is 354 g/mol. The van der Waals surface area contributed by atoms with E-state index in [0.717, 1.165) is 30.3 Å². The van der Waals surface area contributed by atoms with Gasteiger partial charge in [0.1, 0.15) is 0 Å². The number of carbonyl (C=O) groups excluding carboxylic acids is 1. The molecule has 2 heterocycles. The van der Waals surface area contributed by atoms with Crippen molar-refractivity contribution in [1.82, 2.24) is 4.90 Å². The molecule has 3 saturated carbocycles. The Morgan fingerprint density at radius 2 is 1.91 bits per heavy atom. The minimum Gasteiger partial charge on any atom is -0.343 e. The Balaban J connectivity index is 1.47. The first-order chi connectivity index (χ1) is 11.0. The Morgan fingerprint density at radius 3 is 2.57 bits per heavy atom. The summed E-state index contributed by atoms with van der Waals surface area (Å²) >= 11 is 1.56. The Morgan fingerprint density at radius 1 is 1.09 bits per heavy atom. The Labute approximate surface area is 141 Å². The zero-order valence-corrected chi connectivity index (χ0v) is 14.7. The molecule has 2 aliphatic heterocycles. The van der Waals surface area contributed by atoms with Crippen molar-refractivity contribution in [2.75, 3.05) is 11.5 Å². The summed E-state index contributed by atoms with van der Waals surface area (Å²) in [6.45, 7) is 0. The number of nitrogens with zero attached hydrogens (tertiary/aromatic N) is 2. The predicted octanol–water partition coefficient (Wildman–Crippen LogP) is 1.68. The van der Waals surface area contributed by atoms with Gasteiger partial charge >= 0.3 is 0 Å². The minimum absolute atomic E-state index is 0.0171. The molecule has 0 aromatic rings. The number of rotatable bonds is 2. The fourth-order valence-corrected chi connectivity index (χ4v) is 9.02. The van der Waals surface area contributed by atoms with Crippen LogP contribution in [0, 0.1) is 17.8 Å². The molecular weight excluding hydrogens is 332 g/mol. The van der Waals surface area contributed by atoms with Gasteiger partial charge in [-0.25, -0.2) is 8.42 Å². The average Bonchev–Trinajstić information content (AvgIpc) is 2.86. The normalized spacial score (nSPS) is 45.8. The van der Waals surface area contributed by atoms with E-state index in [1.54, 1.807) is 11.8 Å². The van der Waals surface area contributed by atoms with E-state index in [1.807, 2.05) is 0 Å². The standard InChI is InChI=1S/C16H22N2O3S2/c19-15(10-3-4-10)17-16-18(12-6-9-1-2-11(12)5-9)13-7-23(20,21)8-14(13)22-16/h9-14H,1-8H2. The van der Waals surface area contributed by atoms with Gasteiger partial charge in [-0.2, -0.15) is 4.99 Å². The van der Waals surface area contributed by atoms with Crippen LogP contribution in [-0.4, -0.2) is 53.2 Å². The summed E-state index contributed by atoms with van der Waals surface area (Å²) in [5.74, 6) is 2.11. The number of amides is 1. The number of fused-ring (bicyclic) bond motifs is 3. The Bertz CT molecular complexity index is 685. The van der Waals surface area contributed by atoms with Crippen LogP contribution in [-0.2, 0) is 14.6 Å². The fraction of sp³-hybridized carbons (Fsp3) is 0.875. The second-order valence-corrected chi connectivity index (χ2v) is 11.3. The highest BCUT2D eigenvalue weighted by molar-refractivity contribution is 8.15. The molecule has 126 valence electrons. The van der Waals surface area contributed by atoms with E-state index in [-0.39, 0.29) is 34.6 Å². The summed E-state index contributed by atoms with van der Waals surface area (Å²) in [4.78, 5) is 18.9. The molecule has 0 aromatic carbocycles. The van der Waals surface area contributed by atoms with Crippen LogP contribution in [0.5, 0.6) is 0 Å². The van der Waals surface area contributed by atoms with Crippen LogP contribution in [0.1, 0.15) is 38.5 Å². The first kappa shape index (κ1) is 14.8. The summed E-state index contributed by atoms with van der Waals surface area (Å²) < 4.78 is 24.1. The van der Waals surface area contributed by atoms with Crippen molar-refractivity contribution in [3.05, 3.63) is 0 Å². The van der Waals surface area contributed by atoms with E-state index in [4.69, 9.17) is 0 Å². The Kier molecular flexibility index (Phi) is 3.19. The minimum atomic E-state index is -2.94. The fourth-order valence-electron chi connectivity index (χ4n) is 5.05. The van der Waals surface area contributed by atoms with Gasteiger partial charge in [0.2, 0.25) is 0 Å². The quantitative estimate of drug-likeness (QED) is 0.755. The topological polar surface area (TPSA) is 66.8 Å². The van der Waals surface area contributed by atoms with Gasteiger partial charge in [0.15, 0.2) is 15.0 Å². The van der Waals surface area contributed by atoms with Gasteiger partial charge in [-0.15, -0.1) is 0 Å². The summed E-state index contributed by atoms with van der Waals surface area (Å²) in [6, 6.07) is 0.454. The van der Waals surface area contributed by atoms with Crippen LogP contribution in [0.15, 0.2) is 4.99 Å². The van der Waals surface area contributed by atoms with Gasteiger partial charge in [-0.1, -0.05) is 18.2 Å². The molecule has 5 unspecified atom stereocenters. The van der Waals surface area contributed by atoms with Crippen molar-refractivity contribution >= 4 is 32.7 Å². The smallest absolute Gasteiger partial charge is 0.251 e. The van der Waals surface area contributed by atoms with Crippen LogP contribution < -0.4 is 0 Å². The highest BCUT2D eigenvalue weighted by Gasteiger charge is 2.54. The lowest BCUT2D eigenvalue weighted by Gasteiger charge is -2.36. The summed E-state index contributed by atoms with van der Waals surface area (Å²) in [7, 11) is -2.94. The summed E-state index contributed by atoms with van der Waals surface area (Å²) in [5.41, 5.74) is 0. The lowest BCUT2D eigenvalue weighted by molar-refractivity contribution is -0.118. The molecule has 5 nitrogen and oxygen atoms in total. The van der Waals surface area contributed by atoms with Crippen LogP contribution in [0.3, 0.4) is 0 Å². The highest BCUT2D eigenvalue weighted by atomic mass is 32.2. The monoisotopic (exact) mass is 354 g/mol. The molecular formula is C16H22N2O3S2. The number of aliphatic imine (C=N–C) groups is 1. The SMILES string of the molecule is O=C(N=C1SC2CS(=O)(=O)CC2N1C1CC2CCC1C2)C1CC1. The predicted molar refractivity (Wildman–Crippen MR) is 90.1 cm³/mol. The zero-order chi connectivity index (χ0) is 15.8. The van der Waals surface area contributed by atoms with Gasteiger partial charge < -0.3 is 4.90 Å². The zero-order valence-electron chi connectivity index (χ0n) is 13.1. The van der Waals surface area contributed by atoms with Crippen LogP contribution >= 0.6 is 11.8 Å². The van der Waals surface area contributed by atoms with Crippen molar-refractivity contribution in [3.63, 3.8) is 0 Å². The first-order valence-electron chi connectivity index (χ1n) is 8.78. The van der Waals surface area contributed by atoms with Crippen LogP contribution in [0.25, 0.3) is 0 Å². The highest BCUT2D eigenvalue weighted by Crippen LogP contribution is 2.51. The van der Waals surface area contributed by atoms with E-state index < -0.39 is 9.84 Å². The molecule has 5 aliphatic rings. The molecule has 0 radical (unpaired) electrons. The molecule has 2 saturated heterocycles. The van der Waals surface area contributed by atoms with Crippen LogP contribution in [0.4, 0.5) is 0 Å². The molecule has 0 aromatic heterocycles. The lowest BCUT2D eigenvalue weighted by atomic mass is 9.93. The lowest BCUT2D eigenvalue weighted by Crippen LogP contribution is -2.47. The van der Waals surface area contributed by atoms with E-state index in [2.05, 4.69) is 9.89 Å². The largest absolute Gasteiger partial charge is 0.343 e. The van der Waals surface area contributed by atoms with Crippen molar-refractivity contribution in [2.24, 2.45) is 22.7 Å². The second-order valence-electron chi connectivity index (χ2n) is 7.96. The Hall–Kier alpha value is -0.560. The number of carbonyl (C=O) groups is 1. The number of amidine groups is 1. The van der Waals surface area contributed by atoms with Gasteiger partial charge in [-0.05, 0) is 43.9 Å².